The summed E-state index contributed by atoms with van der Waals surface area (Å²) < 4.78 is 0. The lowest BCUT2D eigenvalue weighted by atomic mass is 9.99. The second kappa shape index (κ2) is 10.9. The van der Waals surface area contributed by atoms with Crippen molar-refractivity contribution in [2.75, 3.05) is 52.4 Å². The second-order valence-electron chi connectivity index (χ2n) is 7.96. The third kappa shape index (κ3) is 7.84. The minimum atomic E-state index is -0.00530. The molecule has 0 aromatic carbocycles. The van der Waals surface area contributed by atoms with Crippen molar-refractivity contribution >= 4 is 6.03 Å². The van der Waals surface area contributed by atoms with E-state index in [2.05, 4.69) is 34.3 Å². The van der Waals surface area contributed by atoms with Crippen molar-refractivity contribution in [2.45, 2.75) is 52.4 Å². The van der Waals surface area contributed by atoms with Crippen molar-refractivity contribution in [1.29, 1.82) is 0 Å². The number of carbonyl (C=O) groups excluding carboxylic acids is 1. The smallest absolute Gasteiger partial charge is 0.314 e. The Morgan fingerprint density at radius 3 is 2.12 bits per heavy atom. The Labute approximate surface area is 148 Å². The van der Waals surface area contributed by atoms with Crippen LogP contribution < -0.4 is 10.6 Å². The average molecular weight is 339 g/mol. The molecule has 1 atom stereocenters. The van der Waals surface area contributed by atoms with Gasteiger partial charge >= 0.3 is 6.03 Å². The van der Waals surface area contributed by atoms with Gasteiger partial charge in [-0.2, -0.15) is 0 Å². The van der Waals surface area contributed by atoms with Gasteiger partial charge in [0.15, 0.2) is 0 Å². The third-order valence-corrected chi connectivity index (χ3v) is 5.49. The maximum Gasteiger partial charge on any atom is 0.314 e. The SMILES string of the molecule is CC1CCN(CCCNC(=O)NCCCN2CCCC(C)C2)CC1. The van der Waals surface area contributed by atoms with Gasteiger partial charge in [0.2, 0.25) is 0 Å². The first-order chi connectivity index (χ1) is 11.6. The van der Waals surface area contributed by atoms with Crippen molar-refractivity contribution in [3.63, 3.8) is 0 Å². The summed E-state index contributed by atoms with van der Waals surface area (Å²) in [5.41, 5.74) is 0. The highest BCUT2D eigenvalue weighted by Crippen LogP contribution is 2.16. The number of piperidine rings is 2. The molecule has 0 aromatic heterocycles. The topological polar surface area (TPSA) is 47.6 Å². The van der Waals surface area contributed by atoms with Crippen LogP contribution in [0.15, 0.2) is 0 Å². The predicted octanol–water partition coefficient (Wildman–Crippen LogP) is 2.53. The Kier molecular flexibility index (Phi) is 8.89. The molecule has 2 aliphatic heterocycles. The molecule has 2 N–H and O–H groups in total. The molecule has 2 heterocycles. The quantitative estimate of drug-likeness (QED) is 0.669. The molecule has 0 spiro atoms. The fraction of sp³-hybridized carbons (Fsp3) is 0.947. The van der Waals surface area contributed by atoms with Crippen molar-refractivity contribution in [1.82, 2.24) is 20.4 Å². The van der Waals surface area contributed by atoms with Gasteiger partial charge in [0.05, 0.1) is 0 Å². The van der Waals surface area contributed by atoms with Crippen LogP contribution in [0.5, 0.6) is 0 Å². The molecular formula is C19H38N4O. The summed E-state index contributed by atoms with van der Waals surface area (Å²) in [7, 11) is 0. The molecule has 2 aliphatic rings. The molecule has 24 heavy (non-hydrogen) atoms. The van der Waals surface area contributed by atoms with Gasteiger partial charge in [-0.3, -0.25) is 0 Å². The monoisotopic (exact) mass is 338 g/mol. The summed E-state index contributed by atoms with van der Waals surface area (Å²) in [6.45, 7) is 13.4. The number of nitrogens with one attached hydrogen (secondary N) is 2. The molecule has 2 amide bonds. The Morgan fingerprint density at radius 2 is 1.50 bits per heavy atom. The summed E-state index contributed by atoms with van der Waals surface area (Å²) in [4.78, 5) is 16.9. The molecular weight excluding hydrogens is 300 g/mol. The van der Waals surface area contributed by atoms with Crippen molar-refractivity contribution in [3.05, 3.63) is 0 Å². The fourth-order valence-corrected chi connectivity index (χ4v) is 3.85. The molecule has 140 valence electrons. The van der Waals surface area contributed by atoms with Crippen LogP contribution in [0.25, 0.3) is 0 Å². The maximum atomic E-state index is 11.8. The Hall–Kier alpha value is -0.810. The first-order valence-electron chi connectivity index (χ1n) is 10.1. The average Bonchev–Trinajstić information content (AvgIpc) is 2.57. The molecule has 1 unspecified atom stereocenters. The first-order valence-corrected chi connectivity index (χ1v) is 10.1. The van der Waals surface area contributed by atoms with Crippen LogP contribution in [0.2, 0.25) is 0 Å². The van der Waals surface area contributed by atoms with Crippen LogP contribution in [-0.4, -0.2) is 68.2 Å². The van der Waals surface area contributed by atoms with Crippen LogP contribution >= 0.6 is 0 Å². The summed E-state index contributed by atoms with van der Waals surface area (Å²) >= 11 is 0. The minimum Gasteiger partial charge on any atom is -0.338 e. The number of hydrogen-bond donors (Lipinski definition) is 2. The van der Waals surface area contributed by atoms with Gasteiger partial charge in [-0.25, -0.2) is 4.79 Å². The molecule has 0 saturated carbocycles. The van der Waals surface area contributed by atoms with Crippen LogP contribution in [0.4, 0.5) is 4.79 Å². The zero-order chi connectivity index (χ0) is 17.2. The third-order valence-electron chi connectivity index (χ3n) is 5.49. The fourth-order valence-electron chi connectivity index (χ4n) is 3.85. The van der Waals surface area contributed by atoms with Gasteiger partial charge in [-0.1, -0.05) is 13.8 Å². The molecule has 5 nitrogen and oxygen atoms in total. The van der Waals surface area contributed by atoms with Crippen LogP contribution in [0.1, 0.15) is 52.4 Å². The number of likely N-dealkylation sites (tertiary alicyclic amines) is 2. The Balaban J connectivity index is 1.41. The molecule has 0 bridgehead atoms. The van der Waals surface area contributed by atoms with Gasteiger partial charge in [0, 0.05) is 19.6 Å². The van der Waals surface area contributed by atoms with Crippen LogP contribution in [0, 0.1) is 11.8 Å². The van der Waals surface area contributed by atoms with Crippen LogP contribution in [0.3, 0.4) is 0 Å². The molecule has 2 rings (SSSR count). The van der Waals surface area contributed by atoms with E-state index in [0.29, 0.717) is 0 Å². The summed E-state index contributed by atoms with van der Waals surface area (Å²) in [6, 6.07) is -0.00530. The van der Waals surface area contributed by atoms with Crippen molar-refractivity contribution in [3.8, 4) is 0 Å². The predicted molar refractivity (Wildman–Crippen MR) is 100 cm³/mol. The van der Waals surface area contributed by atoms with E-state index >= 15 is 0 Å². The van der Waals surface area contributed by atoms with Gasteiger partial charge in [-0.15, -0.1) is 0 Å². The van der Waals surface area contributed by atoms with E-state index in [1.54, 1.807) is 0 Å². The normalized spacial score (nSPS) is 24.0. The largest absolute Gasteiger partial charge is 0.338 e. The van der Waals surface area contributed by atoms with Gasteiger partial charge in [0.25, 0.3) is 0 Å². The lowest BCUT2D eigenvalue weighted by molar-refractivity contribution is 0.181. The highest BCUT2D eigenvalue weighted by atomic mass is 16.2. The zero-order valence-electron chi connectivity index (χ0n) is 15.9. The number of urea groups is 1. The number of hydrogen-bond acceptors (Lipinski definition) is 3. The Morgan fingerprint density at radius 1 is 0.875 bits per heavy atom. The van der Waals surface area contributed by atoms with Gasteiger partial charge < -0.3 is 20.4 Å². The minimum absolute atomic E-state index is 0.00530. The molecule has 0 radical (unpaired) electrons. The van der Waals surface area contributed by atoms with Crippen LogP contribution in [-0.2, 0) is 0 Å². The molecule has 2 fully saturated rings. The number of nitrogens with zero attached hydrogens (tertiary/aromatic N) is 2. The zero-order valence-corrected chi connectivity index (χ0v) is 15.9. The Bertz CT molecular complexity index is 355. The maximum absolute atomic E-state index is 11.8. The summed E-state index contributed by atoms with van der Waals surface area (Å²) in [6.07, 6.45) is 7.44. The van der Waals surface area contributed by atoms with E-state index in [1.807, 2.05) is 0 Å². The van der Waals surface area contributed by atoms with E-state index in [1.165, 1.54) is 51.9 Å². The van der Waals surface area contributed by atoms with Crippen molar-refractivity contribution < 1.29 is 4.79 Å². The molecule has 2 saturated heterocycles. The molecule has 5 heteroatoms. The van der Waals surface area contributed by atoms with Gasteiger partial charge in [-0.05, 0) is 83.1 Å². The van der Waals surface area contributed by atoms with E-state index in [-0.39, 0.29) is 6.03 Å². The lowest BCUT2D eigenvalue weighted by Crippen LogP contribution is -2.40. The number of amides is 2. The van der Waals surface area contributed by atoms with E-state index in [9.17, 15) is 4.79 Å². The lowest BCUT2D eigenvalue weighted by Gasteiger charge is -2.30. The van der Waals surface area contributed by atoms with E-state index in [0.717, 1.165) is 50.9 Å². The van der Waals surface area contributed by atoms with Gasteiger partial charge in [0.1, 0.15) is 0 Å². The molecule has 0 aliphatic carbocycles. The van der Waals surface area contributed by atoms with E-state index < -0.39 is 0 Å². The number of carbonyl (C=O) groups is 1. The standard InChI is InChI=1S/C19H38N4O/c1-17-7-14-22(15-8-17)12-4-9-20-19(24)21-10-5-13-23-11-3-6-18(2)16-23/h17-18H,3-16H2,1-2H3,(H2,20,21,24). The summed E-state index contributed by atoms with van der Waals surface area (Å²) in [5.74, 6) is 1.72. The highest BCUT2D eigenvalue weighted by molar-refractivity contribution is 5.73. The summed E-state index contributed by atoms with van der Waals surface area (Å²) in [5, 5.41) is 5.97. The number of rotatable bonds is 8. The first kappa shape index (κ1) is 19.5. The molecule has 0 aromatic rings. The highest BCUT2D eigenvalue weighted by Gasteiger charge is 2.16. The second-order valence-corrected chi connectivity index (χ2v) is 7.96. The van der Waals surface area contributed by atoms with Crippen molar-refractivity contribution in [2.24, 2.45) is 11.8 Å². The van der Waals surface area contributed by atoms with E-state index in [4.69, 9.17) is 0 Å².